The normalized spacial score (nSPS) is 14.9. The van der Waals surface area contributed by atoms with Gasteiger partial charge in [0.2, 0.25) is 0 Å². The van der Waals surface area contributed by atoms with E-state index in [1.165, 1.54) is 0 Å². The Labute approximate surface area is 108 Å². The lowest BCUT2D eigenvalue weighted by Gasteiger charge is -2.17. The summed E-state index contributed by atoms with van der Waals surface area (Å²) in [6.45, 7) is 4.26. The maximum Gasteiger partial charge on any atom is 0.0729 e. The quantitative estimate of drug-likeness (QED) is 0.881. The van der Waals surface area contributed by atoms with Gasteiger partial charge in [-0.2, -0.15) is 5.10 Å². The van der Waals surface area contributed by atoms with E-state index in [0.29, 0.717) is 12.3 Å². The lowest BCUT2D eigenvalue weighted by atomic mass is 9.95. The Balaban J connectivity index is 2.21. The molecule has 2 unspecified atom stereocenters. The van der Waals surface area contributed by atoms with Gasteiger partial charge in [0.25, 0.3) is 0 Å². The third-order valence-corrected chi connectivity index (χ3v) is 3.64. The number of rotatable bonds is 5. The Bertz CT molecular complexity index is 518. The molecule has 0 fully saturated rings. The maximum atomic E-state index is 10.2. The fourth-order valence-electron chi connectivity index (χ4n) is 2.49. The van der Waals surface area contributed by atoms with Crippen LogP contribution in [0.2, 0.25) is 0 Å². The fraction of sp³-hybridized carbons (Fsp3) is 0.533. The number of aryl methyl sites for hydroxylation is 1. The van der Waals surface area contributed by atoms with Crippen LogP contribution in [0.25, 0.3) is 10.9 Å². The van der Waals surface area contributed by atoms with Gasteiger partial charge in [0.05, 0.1) is 17.3 Å². The van der Waals surface area contributed by atoms with Crippen molar-refractivity contribution in [1.29, 1.82) is 0 Å². The van der Waals surface area contributed by atoms with Crippen LogP contribution in [0, 0.1) is 5.92 Å². The Morgan fingerprint density at radius 2 is 2.06 bits per heavy atom. The predicted octanol–water partition coefficient (Wildman–Crippen LogP) is 2.91. The van der Waals surface area contributed by atoms with Gasteiger partial charge in [0.1, 0.15) is 0 Å². The van der Waals surface area contributed by atoms with Crippen molar-refractivity contribution >= 4 is 10.9 Å². The lowest BCUT2D eigenvalue weighted by Crippen LogP contribution is -2.20. The molecule has 3 nitrogen and oxygen atoms in total. The highest BCUT2D eigenvalue weighted by atomic mass is 16.3. The van der Waals surface area contributed by atoms with E-state index in [1.54, 1.807) is 0 Å². The van der Waals surface area contributed by atoms with Crippen LogP contribution in [0.3, 0.4) is 0 Å². The SMILES string of the molecule is CCCC(C)C(O)Cc1nn(C)c2ccccc12. The van der Waals surface area contributed by atoms with E-state index in [1.807, 2.05) is 23.9 Å². The molecule has 0 saturated carbocycles. The molecule has 2 aromatic rings. The first-order valence-electron chi connectivity index (χ1n) is 6.72. The van der Waals surface area contributed by atoms with Gasteiger partial charge < -0.3 is 5.11 Å². The zero-order valence-corrected chi connectivity index (χ0v) is 11.4. The van der Waals surface area contributed by atoms with Crippen LogP contribution in [0.5, 0.6) is 0 Å². The second-order valence-electron chi connectivity index (χ2n) is 5.12. The van der Waals surface area contributed by atoms with Gasteiger partial charge in [-0.1, -0.05) is 38.5 Å². The molecule has 0 bridgehead atoms. The number of para-hydroxylation sites is 1. The number of aliphatic hydroxyl groups excluding tert-OH is 1. The summed E-state index contributed by atoms with van der Waals surface area (Å²) < 4.78 is 1.89. The molecule has 0 aliphatic heterocycles. The summed E-state index contributed by atoms with van der Waals surface area (Å²) in [5.41, 5.74) is 2.13. The monoisotopic (exact) mass is 246 g/mol. The summed E-state index contributed by atoms with van der Waals surface area (Å²) in [5, 5.41) is 15.9. The average molecular weight is 246 g/mol. The molecule has 18 heavy (non-hydrogen) atoms. The molecule has 1 aromatic carbocycles. The van der Waals surface area contributed by atoms with Crippen molar-refractivity contribution in [2.75, 3.05) is 0 Å². The third kappa shape index (κ3) is 2.56. The number of aliphatic hydroxyl groups is 1. The first-order valence-corrected chi connectivity index (χ1v) is 6.72. The summed E-state index contributed by atoms with van der Waals surface area (Å²) in [6, 6.07) is 8.18. The number of hydrogen-bond acceptors (Lipinski definition) is 2. The summed E-state index contributed by atoms with van der Waals surface area (Å²) in [6.07, 6.45) is 2.51. The standard InChI is InChI=1S/C15H22N2O/c1-4-7-11(2)15(18)10-13-12-8-5-6-9-14(12)17(3)16-13/h5-6,8-9,11,15,18H,4,7,10H2,1-3H3. The Hall–Kier alpha value is -1.35. The summed E-state index contributed by atoms with van der Waals surface area (Å²) in [4.78, 5) is 0. The molecule has 98 valence electrons. The maximum absolute atomic E-state index is 10.2. The first kappa shape index (κ1) is 13.1. The molecule has 0 amide bonds. The van der Waals surface area contributed by atoms with Crippen molar-refractivity contribution < 1.29 is 5.11 Å². The van der Waals surface area contributed by atoms with E-state index in [4.69, 9.17) is 0 Å². The van der Waals surface area contributed by atoms with Crippen molar-refractivity contribution in [2.24, 2.45) is 13.0 Å². The molecule has 1 aromatic heterocycles. The van der Waals surface area contributed by atoms with Crippen LogP contribution in [0.4, 0.5) is 0 Å². The molecule has 2 rings (SSSR count). The molecule has 0 radical (unpaired) electrons. The van der Waals surface area contributed by atoms with E-state index in [-0.39, 0.29) is 6.10 Å². The zero-order valence-electron chi connectivity index (χ0n) is 11.4. The van der Waals surface area contributed by atoms with E-state index in [0.717, 1.165) is 29.4 Å². The second kappa shape index (κ2) is 5.53. The summed E-state index contributed by atoms with van der Waals surface area (Å²) in [7, 11) is 1.95. The minimum Gasteiger partial charge on any atom is -0.392 e. The van der Waals surface area contributed by atoms with Gasteiger partial charge >= 0.3 is 0 Å². The number of fused-ring (bicyclic) bond motifs is 1. The smallest absolute Gasteiger partial charge is 0.0729 e. The largest absolute Gasteiger partial charge is 0.392 e. The van der Waals surface area contributed by atoms with Crippen LogP contribution in [0.15, 0.2) is 24.3 Å². The van der Waals surface area contributed by atoms with Gasteiger partial charge in [-0.05, 0) is 18.4 Å². The second-order valence-corrected chi connectivity index (χ2v) is 5.12. The average Bonchev–Trinajstić information content (AvgIpc) is 2.67. The highest BCUT2D eigenvalue weighted by molar-refractivity contribution is 5.81. The molecule has 0 spiro atoms. The summed E-state index contributed by atoms with van der Waals surface area (Å²) >= 11 is 0. The lowest BCUT2D eigenvalue weighted by molar-refractivity contribution is 0.111. The Kier molecular flexibility index (Phi) is 4.02. The van der Waals surface area contributed by atoms with E-state index >= 15 is 0 Å². The number of benzene rings is 1. The summed E-state index contributed by atoms with van der Waals surface area (Å²) in [5.74, 6) is 0.329. The van der Waals surface area contributed by atoms with Crippen molar-refractivity contribution in [3.05, 3.63) is 30.0 Å². The molecule has 3 heteroatoms. The molecule has 0 aliphatic carbocycles. The molecule has 1 N–H and O–H groups in total. The highest BCUT2D eigenvalue weighted by Crippen LogP contribution is 2.21. The van der Waals surface area contributed by atoms with Crippen LogP contribution in [0.1, 0.15) is 32.4 Å². The van der Waals surface area contributed by atoms with Gasteiger partial charge in [-0.15, -0.1) is 0 Å². The predicted molar refractivity (Wildman–Crippen MR) is 74.5 cm³/mol. The van der Waals surface area contributed by atoms with Crippen molar-refractivity contribution in [1.82, 2.24) is 9.78 Å². The molecular weight excluding hydrogens is 224 g/mol. The van der Waals surface area contributed by atoms with Gasteiger partial charge in [0.15, 0.2) is 0 Å². The number of hydrogen-bond donors (Lipinski definition) is 1. The molecule has 0 saturated heterocycles. The van der Waals surface area contributed by atoms with Crippen molar-refractivity contribution in [2.45, 2.75) is 39.2 Å². The van der Waals surface area contributed by atoms with E-state index in [9.17, 15) is 5.11 Å². The highest BCUT2D eigenvalue weighted by Gasteiger charge is 2.17. The minimum absolute atomic E-state index is 0.303. The van der Waals surface area contributed by atoms with Crippen LogP contribution < -0.4 is 0 Å². The van der Waals surface area contributed by atoms with Crippen molar-refractivity contribution in [3.63, 3.8) is 0 Å². The molecular formula is C15H22N2O. The fourth-order valence-corrected chi connectivity index (χ4v) is 2.49. The Morgan fingerprint density at radius 1 is 1.33 bits per heavy atom. The van der Waals surface area contributed by atoms with Crippen LogP contribution in [-0.4, -0.2) is 21.0 Å². The van der Waals surface area contributed by atoms with Gasteiger partial charge in [0, 0.05) is 18.9 Å². The Morgan fingerprint density at radius 3 is 2.78 bits per heavy atom. The van der Waals surface area contributed by atoms with E-state index in [2.05, 4.69) is 31.1 Å². The van der Waals surface area contributed by atoms with Crippen LogP contribution in [-0.2, 0) is 13.5 Å². The first-order chi connectivity index (χ1) is 8.63. The zero-order chi connectivity index (χ0) is 13.1. The van der Waals surface area contributed by atoms with Gasteiger partial charge in [-0.25, -0.2) is 0 Å². The van der Waals surface area contributed by atoms with Crippen molar-refractivity contribution in [3.8, 4) is 0 Å². The molecule has 0 aliphatic rings. The third-order valence-electron chi connectivity index (χ3n) is 3.64. The molecule has 1 heterocycles. The van der Waals surface area contributed by atoms with Crippen LogP contribution >= 0.6 is 0 Å². The van der Waals surface area contributed by atoms with E-state index < -0.39 is 0 Å². The topological polar surface area (TPSA) is 38.1 Å². The number of aromatic nitrogens is 2. The van der Waals surface area contributed by atoms with Gasteiger partial charge in [-0.3, -0.25) is 4.68 Å². The minimum atomic E-state index is -0.303. The number of nitrogens with zero attached hydrogens (tertiary/aromatic N) is 2. The molecule has 2 atom stereocenters.